The van der Waals surface area contributed by atoms with Crippen molar-refractivity contribution in [3.8, 4) is 0 Å². The maximum Gasteiger partial charge on any atom is 0.226 e. The van der Waals surface area contributed by atoms with Gasteiger partial charge in [0, 0.05) is 44.1 Å². The quantitative estimate of drug-likeness (QED) is 0.209. The van der Waals surface area contributed by atoms with Gasteiger partial charge in [0.2, 0.25) is 11.7 Å². The number of hydrogen-bond acceptors (Lipinski definition) is 7. The molecule has 0 radical (unpaired) electrons. The molecule has 2 saturated heterocycles. The van der Waals surface area contributed by atoms with Gasteiger partial charge in [-0.2, -0.15) is 0 Å². The maximum atomic E-state index is 14.6. The topological polar surface area (TPSA) is 123 Å². The first kappa shape index (κ1) is 40.3. The number of sulfone groups is 1. The summed E-state index contributed by atoms with van der Waals surface area (Å²) < 4.78 is 26.0. The van der Waals surface area contributed by atoms with Crippen LogP contribution in [0.5, 0.6) is 0 Å². The number of carbonyl (C=O) groups excluding carboxylic acids is 5. The molecule has 9 heteroatoms. The number of ketones is 4. The number of piperidine rings is 1. The van der Waals surface area contributed by atoms with Crippen molar-refractivity contribution in [2.24, 2.45) is 40.4 Å². The van der Waals surface area contributed by atoms with Gasteiger partial charge in [-0.15, -0.1) is 0 Å². The molecule has 0 unspecified atom stereocenters. The van der Waals surface area contributed by atoms with Gasteiger partial charge in [-0.1, -0.05) is 84.5 Å². The molecule has 288 valence electrons. The Labute approximate surface area is 308 Å². The van der Waals surface area contributed by atoms with Gasteiger partial charge in [0.1, 0.15) is 5.78 Å². The SMILES string of the molecule is CC1(C)[C@@H]2[C@H]3C(=O)C[C@H](C(=O)C(=O)CC4CC4)CCCCCCCCCC[C@H](CC(=O)CC4(CS(=O)(=O)C(C)(C)C)CCCCC4)C(=O)N3C[C@@H]21. The van der Waals surface area contributed by atoms with Crippen LogP contribution in [0.4, 0.5) is 0 Å². The van der Waals surface area contributed by atoms with Crippen LogP contribution >= 0.6 is 0 Å². The van der Waals surface area contributed by atoms with Gasteiger partial charge < -0.3 is 4.90 Å². The first-order valence-corrected chi connectivity index (χ1v) is 22.3. The molecule has 1 amide bonds. The van der Waals surface area contributed by atoms with E-state index in [1.165, 1.54) is 0 Å². The highest BCUT2D eigenvalue weighted by atomic mass is 32.2. The summed E-state index contributed by atoms with van der Waals surface area (Å²) in [7, 11) is -3.45. The van der Waals surface area contributed by atoms with Gasteiger partial charge >= 0.3 is 0 Å². The lowest BCUT2D eigenvalue weighted by Crippen LogP contribution is -2.49. The average Bonchev–Trinajstić information content (AvgIpc) is 3.90. The summed E-state index contributed by atoms with van der Waals surface area (Å²) in [6.07, 6.45) is 15.8. The van der Waals surface area contributed by atoms with E-state index in [4.69, 9.17) is 0 Å². The number of fused-ring (bicyclic) bond motifs is 3. The second kappa shape index (κ2) is 16.2. The molecule has 5 fully saturated rings. The molecule has 0 bridgehead atoms. The monoisotopic (exact) mass is 729 g/mol. The van der Waals surface area contributed by atoms with E-state index in [0.29, 0.717) is 38.1 Å². The number of nitrogens with zero attached hydrogens (tertiary/aromatic N) is 1. The fourth-order valence-corrected chi connectivity index (χ4v) is 11.6. The molecular weight excluding hydrogens is 663 g/mol. The Hall–Kier alpha value is -1.90. The Bertz CT molecular complexity index is 1410. The molecule has 5 atom stereocenters. The molecule has 3 saturated carbocycles. The summed E-state index contributed by atoms with van der Waals surface area (Å²) >= 11 is 0. The first-order chi connectivity index (χ1) is 24.0. The lowest BCUT2D eigenvalue weighted by molar-refractivity contribution is -0.145. The number of amides is 1. The lowest BCUT2D eigenvalue weighted by Gasteiger charge is -2.39. The third-order valence-corrected chi connectivity index (χ3v) is 16.5. The zero-order chi connectivity index (χ0) is 37.2. The van der Waals surface area contributed by atoms with E-state index in [1.807, 2.05) is 0 Å². The van der Waals surface area contributed by atoms with Gasteiger partial charge in [-0.25, -0.2) is 8.42 Å². The van der Waals surface area contributed by atoms with Crippen LogP contribution in [0.3, 0.4) is 0 Å². The third-order valence-electron chi connectivity index (χ3n) is 13.7. The fourth-order valence-electron chi connectivity index (χ4n) is 9.93. The van der Waals surface area contributed by atoms with Crippen molar-refractivity contribution in [1.29, 1.82) is 0 Å². The number of rotatable bonds is 10. The zero-order valence-electron chi connectivity index (χ0n) is 32.4. The standard InChI is InChI=1S/C42H67NO7S/c1-40(2,3)51(49,50)28-42(21-15-12-16-22-42)26-32(44)24-31-18-14-11-9-7-6-8-10-13-17-30(38(47)35(46)23-29-19-20-29)25-34(45)37-36-33(41(36,4)5)27-43(37)39(31)48/h29-31,33,36-37H,6-28H2,1-5H3/t30-,31-,33+,36+,37-/m1/s1. The molecule has 5 rings (SSSR count). The molecule has 8 nitrogen and oxygen atoms in total. The van der Waals surface area contributed by atoms with Crippen LogP contribution in [-0.4, -0.2) is 65.4 Å². The van der Waals surface area contributed by atoms with Crippen molar-refractivity contribution in [1.82, 2.24) is 4.90 Å². The molecule has 0 aromatic rings. The van der Waals surface area contributed by atoms with Crippen LogP contribution in [-0.2, 0) is 33.8 Å². The summed E-state index contributed by atoms with van der Waals surface area (Å²) in [5, 5.41) is 0. The molecule has 3 aliphatic carbocycles. The molecule has 0 N–H and O–H groups in total. The molecule has 0 aromatic carbocycles. The minimum Gasteiger partial charge on any atom is -0.332 e. The van der Waals surface area contributed by atoms with Crippen LogP contribution in [0.25, 0.3) is 0 Å². The van der Waals surface area contributed by atoms with Gasteiger partial charge in [-0.3, -0.25) is 24.0 Å². The molecule has 51 heavy (non-hydrogen) atoms. The van der Waals surface area contributed by atoms with Gasteiger partial charge in [0.25, 0.3) is 0 Å². The number of carbonyl (C=O) groups is 5. The lowest BCUT2D eigenvalue weighted by atomic mass is 9.71. The van der Waals surface area contributed by atoms with Crippen LogP contribution in [0.2, 0.25) is 0 Å². The van der Waals surface area contributed by atoms with E-state index in [2.05, 4.69) is 13.8 Å². The molecule has 2 aliphatic heterocycles. The van der Waals surface area contributed by atoms with Crippen LogP contribution in [0.1, 0.15) is 169 Å². The largest absolute Gasteiger partial charge is 0.332 e. The summed E-state index contributed by atoms with van der Waals surface area (Å²) in [5.41, 5.74) is -0.689. The number of Topliss-reactive ketones (excluding diaryl/α,β-unsaturated/α-hetero) is 4. The Morgan fingerprint density at radius 3 is 1.94 bits per heavy atom. The van der Waals surface area contributed by atoms with Crippen molar-refractivity contribution < 1.29 is 32.4 Å². The molecule has 5 aliphatic rings. The van der Waals surface area contributed by atoms with Crippen molar-refractivity contribution in [2.75, 3.05) is 12.3 Å². The minimum atomic E-state index is -3.45. The molecule has 2 heterocycles. The van der Waals surface area contributed by atoms with Crippen molar-refractivity contribution >= 4 is 38.9 Å². The average molecular weight is 730 g/mol. The second-order valence-corrected chi connectivity index (χ2v) is 21.9. The Kier molecular flexibility index (Phi) is 12.8. The molecule has 0 aromatic heterocycles. The Morgan fingerprint density at radius 1 is 0.784 bits per heavy atom. The highest BCUT2D eigenvalue weighted by Gasteiger charge is 2.69. The van der Waals surface area contributed by atoms with Crippen molar-refractivity contribution in [2.45, 2.75) is 180 Å². The smallest absolute Gasteiger partial charge is 0.226 e. The van der Waals surface area contributed by atoms with Gasteiger partial charge in [0.15, 0.2) is 21.4 Å². The van der Waals surface area contributed by atoms with E-state index in [1.54, 1.807) is 25.7 Å². The minimum absolute atomic E-state index is 0.00194. The van der Waals surface area contributed by atoms with E-state index >= 15 is 0 Å². The number of hydrogen-bond donors (Lipinski definition) is 0. The van der Waals surface area contributed by atoms with Crippen LogP contribution in [0, 0.1) is 40.4 Å². The molecule has 0 spiro atoms. The zero-order valence-corrected chi connectivity index (χ0v) is 33.3. The normalized spacial score (nSPS) is 30.9. The van der Waals surface area contributed by atoms with Gasteiger partial charge in [0.05, 0.1) is 16.5 Å². The van der Waals surface area contributed by atoms with Crippen molar-refractivity contribution in [3.05, 3.63) is 0 Å². The Morgan fingerprint density at radius 2 is 1.35 bits per heavy atom. The summed E-state index contributed by atoms with van der Waals surface area (Å²) in [5.74, 6) is -1.71. The highest BCUT2D eigenvalue weighted by Crippen LogP contribution is 2.65. The third kappa shape index (κ3) is 9.81. The first-order valence-electron chi connectivity index (χ1n) is 20.6. The fraction of sp³-hybridized carbons (Fsp3) is 0.881. The van der Waals surface area contributed by atoms with Crippen molar-refractivity contribution in [3.63, 3.8) is 0 Å². The second-order valence-electron chi connectivity index (χ2n) is 19.1. The predicted octanol–water partition coefficient (Wildman–Crippen LogP) is 8.03. The molecular formula is C42H67NO7S. The van der Waals surface area contributed by atoms with Crippen LogP contribution in [0.15, 0.2) is 0 Å². The van der Waals surface area contributed by atoms with Crippen LogP contribution < -0.4 is 0 Å². The summed E-state index contributed by atoms with van der Waals surface area (Å²) in [4.78, 5) is 71.3. The van der Waals surface area contributed by atoms with Gasteiger partial charge in [-0.05, 0) is 87.9 Å². The predicted molar refractivity (Wildman–Crippen MR) is 200 cm³/mol. The summed E-state index contributed by atoms with van der Waals surface area (Å²) in [6.45, 7) is 9.96. The maximum absolute atomic E-state index is 14.6. The van der Waals surface area contributed by atoms with E-state index in [0.717, 1.165) is 83.5 Å². The van der Waals surface area contributed by atoms with E-state index < -0.39 is 43.7 Å². The summed E-state index contributed by atoms with van der Waals surface area (Å²) in [6, 6.07) is -0.638. The highest BCUT2D eigenvalue weighted by molar-refractivity contribution is 7.92. The Balaban J connectivity index is 1.37. The van der Waals surface area contributed by atoms with E-state index in [9.17, 15) is 32.4 Å². The van der Waals surface area contributed by atoms with E-state index in [-0.39, 0.29) is 71.9 Å².